The summed E-state index contributed by atoms with van der Waals surface area (Å²) in [4.78, 5) is 18.0. The van der Waals surface area contributed by atoms with Crippen LogP contribution in [0, 0.1) is 6.92 Å². The Morgan fingerprint density at radius 3 is 2.62 bits per heavy atom. The normalized spacial score (nSPS) is 11.0. The number of hydrogen-bond donors (Lipinski definition) is 2. The van der Waals surface area contributed by atoms with Crippen molar-refractivity contribution in [3.05, 3.63) is 51.9 Å². The first-order chi connectivity index (χ1) is 11.5. The van der Waals surface area contributed by atoms with Gasteiger partial charge in [0, 0.05) is 0 Å². The van der Waals surface area contributed by atoms with Crippen molar-refractivity contribution in [3.63, 3.8) is 0 Å². The molecule has 2 heterocycles. The molecule has 0 atom stereocenters. The Kier molecular flexibility index (Phi) is 4.82. The highest BCUT2D eigenvalue weighted by Gasteiger charge is 2.21. The number of aromatic nitrogens is 3. The molecule has 0 bridgehead atoms. The summed E-state index contributed by atoms with van der Waals surface area (Å²) in [7, 11) is 0. The average molecular weight is 405 g/mol. The van der Waals surface area contributed by atoms with E-state index in [0.717, 1.165) is 21.8 Å². The van der Waals surface area contributed by atoms with Gasteiger partial charge in [-0.1, -0.05) is 55.5 Å². The number of nitrogens with zero attached hydrogens (tertiary/aromatic N) is 2. The van der Waals surface area contributed by atoms with Crippen molar-refractivity contribution in [1.82, 2.24) is 15.2 Å². The van der Waals surface area contributed by atoms with Crippen LogP contribution < -0.4 is 5.32 Å². The third-order valence-electron chi connectivity index (χ3n) is 3.58. The third kappa shape index (κ3) is 3.27. The summed E-state index contributed by atoms with van der Waals surface area (Å²) in [6, 6.07) is 10.0. The Bertz CT molecular complexity index is 870. The van der Waals surface area contributed by atoms with Crippen LogP contribution in [0.1, 0.15) is 41.6 Å². The van der Waals surface area contributed by atoms with E-state index in [2.05, 4.69) is 36.4 Å². The lowest BCUT2D eigenvalue weighted by atomic mass is 10.1. The molecular weight excluding hydrogens is 388 g/mol. The van der Waals surface area contributed by atoms with Gasteiger partial charge in [0.1, 0.15) is 0 Å². The van der Waals surface area contributed by atoms with Crippen LogP contribution in [0.4, 0.5) is 5.13 Å². The van der Waals surface area contributed by atoms with E-state index in [1.807, 2.05) is 51.1 Å². The van der Waals surface area contributed by atoms with Crippen LogP contribution in [0.25, 0.3) is 10.4 Å². The van der Waals surface area contributed by atoms with Gasteiger partial charge >= 0.3 is 0 Å². The minimum Gasteiger partial charge on any atom is -0.296 e. The van der Waals surface area contributed by atoms with Crippen molar-refractivity contribution in [1.29, 1.82) is 0 Å². The minimum absolute atomic E-state index is 0.250. The molecule has 2 aromatic heterocycles. The number of carbonyl (C=O) groups excluding carboxylic acids is 1. The van der Waals surface area contributed by atoms with Crippen molar-refractivity contribution in [2.75, 3.05) is 5.32 Å². The van der Waals surface area contributed by atoms with E-state index in [4.69, 9.17) is 0 Å². The molecule has 0 aliphatic carbocycles. The topological polar surface area (TPSA) is 70.7 Å². The Morgan fingerprint density at radius 1 is 1.29 bits per heavy atom. The number of hydrogen-bond acceptors (Lipinski definition) is 4. The van der Waals surface area contributed by atoms with Crippen LogP contribution >= 0.6 is 27.3 Å². The van der Waals surface area contributed by atoms with Gasteiger partial charge < -0.3 is 0 Å². The predicted octanol–water partition coefficient (Wildman–Crippen LogP) is 4.98. The molecule has 0 fully saturated rings. The molecule has 24 heavy (non-hydrogen) atoms. The van der Waals surface area contributed by atoms with Crippen molar-refractivity contribution in [3.8, 4) is 10.4 Å². The smallest absolute Gasteiger partial charge is 0.279 e. The second kappa shape index (κ2) is 6.86. The van der Waals surface area contributed by atoms with E-state index >= 15 is 0 Å². The lowest BCUT2D eigenvalue weighted by Gasteiger charge is -2.01. The van der Waals surface area contributed by atoms with Crippen LogP contribution in [0.2, 0.25) is 0 Å². The number of thiazole rings is 1. The van der Waals surface area contributed by atoms with E-state index < -0.39 is 0 Å². The van der Waals surface area contributed by atoms with Crippen LogP contribution in [-0.4, -0.2) is 21.1 Å². The van der Waals surface area contributed by atoms with Crippen LogP contribution in [0.3, 0.4) is 0 Å². The van der Waals surface area contributed by atoms with E-state index in [-0.39, 0.29) is 11.8 Å². The van der Waals surface area contributed by atoms with Crippen molar-refractivity contribution in [2.45, 2.75) is 26.7 Å². The maximum Gasteiger partial charge on any atom is 0.279 e. The molecule has 124 valence electrons. The summed E-state index contributed by atoms with van der Waals surface area (Å²) in [5, 5.41) is 10.4. The molecule has 7 heteroatoms. The highest BCUT2D eigenvalue weighted by Crippen LogP contribution is 2.33. The summed E-state index contributed by atoms with van der Waals surface area (Å²) in [6.45, 7) is 6.02. The summed E-state index contributed by atoms with van der Waals surface area (Å²) >= 11 is 4.91. The maximum atomic E-state index is 12.5. The van der Waals surface area contributed by atoms with Gasteiger partial charge in [0.15, 0.2) is 10.8 Å². The van der Waals surface area contributed by atoms with Gasteiger partial charge in [0.25, 0.3) is 5.91 Å². The molecule has 0 aliphatic heterocycles. The van der Waals surface area contributed by atoms with E-state index in [1.54, 1.807) is 0 Å². The number of halogens is 1. The SMILES string of the molecule is Cc1nc(NC(=O)c2n[nH]c(C(C)C)c2Br)sc1-c1ccccc1. The van der Waals surface area contributed by atoms with Gasteiger partial charge in [-0.3, -0.25) is 15.2 Å². The summed E-state index contributed by atoms with van der Waals surface area (Å²) in [5.74, 6) is -0.0291. The number of amides is 1. The van der Waals surface area contributed by atoms with E-state index in [9.17, 15) is 4.79 Å². The molecule has 0 unspecified atom stereocenters. The number of nitrogens with one attached hydrogen (secondary N) is 2. The number of carbonyl (C=O) groups is 1. The van der Waals surface area contributed by atoms with Crippen LogP contribution in [0.5, 0.6) is 0 Å². The van der Waals surface area contributed by atoms with Gasteiger partial charge in [-0.15, -0.1) is 0 Å². The summed E-state index contributed by atoms with van der Waals surface area (Å²) in [5.41, 5.74) is 3.23. The van der Waals surface area contributed by atoms with Crippen LogP contribution in [0.15, 0.2) is 34.8 Å². The number of rotatable bonds is 4. The molecule has 2 N–H and O–H groups in total. The Hall–Kier alpha value is -1.99. The Balaban J connectivity index is 1.83. The Morgan fingerprint density at radius 2 is 2.00 bits per heavy atom. The quantitative estimate of drug-likeness (QED) is 0.643. The van der Waals surface area contributed by atoms with Crippen molar-refractivity contribution in [2.24, 2.45) is 0 Å². The van der Waals surface area contributed by atoms with Crippen molar-refractivity contribution < 1.29 is 4.79 Å². The fourth-order valence-electron chi connectivity index (χ4n) is 2.34. The van der Waals surface area contributed by atoms with E-state index in [0.29, 0.717) is 15.3 Å². The first-order valence-corrected chi connectivity index (χ1v) is 9.16. The highest BCUT2D eigenvalue weighted by molar-refractivity contribution is 9.10. The predicted molar refractivity (Wildman–Crippen MR) is 101 cm³/mol. The summed E-state index contributed by atoms with van der Waals surface area (Å²) < 4.78 is 0.701. The molecule has 3 aromatic rings. The molecule has 0 saturated heterocycles. The zero-order valence-corrected chi connectivity index (χ0v) is 16.0. The summed E-state index contributed by atoms with van der Waals surface area (Å²) in [6.07, 6.45) is 0. The van der Waals surface area contributed by atoms with Gasteiger partial charge in [-0.25, -0.2) is 4.98 Å². The monoisotopic (exact) mass is 404 g/mol. The molecule has 1 amide bonds. The van der Waals surface area contributed by atoms with Crippen molar-refractivity contribution >= 4 is 38.3 Å². The van der Waals surface area contributed by atoms with Gasteiger partial charge in [0.2, 0.25) is 0 Å². The molecule has 0 saturated carbocycles. The molecule has 5 nitrogen and oxygen atoms in total. The molecule has 1 aromatic carbocycles. The fraction of sp³-hybridized carbons (Fsp3) is 0.235. The highest BCUT2D eigenvalue weighted by atomic mass is 79.9. The van der Waals surface area contributed by atoms with Crippen LogP contribution in [-0.2, 0) is 0 Å². The molecule has 0 spiro atoms. The zero-order valence-electron chi connectivity index (χ0n) is 13.6. The zero-order chi connectivity index (χ0) is 17.3. The maximum absolute atomic E-state index is 12.5. The number of aryl methyl sites for hydroxylation is 1. The molecule has 0 aliphatic rings. The third-order valence-corrected chi connectivity index (χ3v) is 5.50. The number of anilines is 1. The van der Waals surface area contributed by atoms with Gasteiger partial charge in [-0.05, 0) is 34.3 Å². The lowest BCUT2D eigenvalue weighted by molar-refractivity contribution is 0.102. The van der Waals surface area contributed by atoms with E-state index in [1.165, 1.54) is 11.3 Å². The fourth-order valence-corrected chi connectivity index (χ4v) is 4.12. The Labute approximate surface area is 152 Å². The first kappa shape index (κ1) is 16.9. The molecule has 3 rings (SSSR count). The number of H-pyrrole nitrogens is 1. The minimum atomic E-state index is -0.279. The average Bonchev–Trinajstić information content (AvgIpc) is 3.11. The second-order valence-electron chi connectivity index (χ2n) is 5.71. The lowest BCUT2D eigenvalue weighted by Crippen LogP contribution is -2.12. The number of aromatic amines is 1. The molecular formula is C17H17BrN4OS. The largest absolute Gasteiger partial charge is 0.296 e. The molecule has 0 radical (unpaired) electrons. The van der Waals surface area contributed by atoms with Gasteiger partial charge in [0.05, 0.1) is 20.7 Å². The second-order valence-corrected chi connectivity index (χ2v) is 7.50. The first-order valence-electron chi connectivity index (χ1n) is 7.55. The van der Waals surface area contributed by atoms with Gasteiger partial charge in [-0.2, -0.15) is 5.10 Å². The number of benzene rings is 1. The standard InChI is InChI=1S/C17H17BrN4OS/c1-9(2)13-12(18)14(22-21-13)16(23)20-17-19-10(3)15(24-17)11-7-5-4-6-8-11/h4-9H,1-3H3,(H,21,22)(H,19,20,23).